The highest BCUT2D eigenvalue weighted by Gasteiger charge is 2.20. The molecule has 1 aliphatic carbocycles. The highest BCUT2D eigenvalue weighted by molar-refractivity contribution is 6.29. The molecule has 1 fully saturated rings. The molecule has 80 valence electrons. The van der Waals surface area contributed by atoms with Crippen molar-refractivity contribution in [3.63, 3.8) is 0 Å². The zero-order chi connectivity index (χ0) is 10.8. The van der Waals surface area contributed by atoms with E-state index in [9.17, 15) is 4.79 Å². The summed E-state index contributed by atoms with van der Waals surface area (Å²) in [6.07, 6.45) is 4.57. The minimum absolute atomic E-state index is 0.233. The van der Waals surface area contributed by atoms with Gasteiger partial charge in [0.2, 0.25) is 0 Å². The number of hydrogen-bond acceptors (Lipinski definition) is 2. The monoisotopic (exact) mass is 225 g/mol. The number of hydrogen-bond donors (Lipinski definition) is 1. The van der Waals surface area contributed by atoms with Crippen molar-refractivity contribution in [2.75, 3.05) is 0 Å². The quantitative estimate of drug-likeness (QED) is 0.787. The van der Waals surface area contributed by atoms with Crippen molar-refractivity contribution in [1.82, 2.24) is 4.98 Å². The van der Waals surface area contributed by atoms with Crippen LogP contribution in [0.15, 0.2) is 12.1 Å². The first-order chi connectivity index (χ1) is 7.16. The second-order valence-electron chi connectivity index (χ2n) is 3.89. The van der Waals surface area contributed by atoms with E-state index in [2.05, 4.69) is 4.98 Å². The van der Waals surface area contributed by atoms with E-state index in [1.807, 2.05) is 0 Å². The topological polar surface area (TPSA) is 50.2 Å². The molecule has 15 heavy (non-hydrogen) atoms. The fourth-order valence-electron chi connectivity index (χ4n) is 2.07. The molecule has 1 heterocycles. The summed E-state index contributed by atoms with van der Waals surface area (Å²) in [7, 11) is 0. The maximum Gasteiger partial charge on any atom is 0.335 e. The van der Waals surface area contributed by atoms with E-state index in [1.54, 1.807) is 6.07 Å². The van der Waals surface area contributed by atoms with E-state index in [-0.39, 0.29) is 10.7 Å². The predicted molar refractivity (Wildman–Crippen MR) is 57.4 cm³/mol. The van der Waals surface area contributed by atoms with Gasteiger partial charge in [-0.1, -0.05) is 24.4 Å². The van der Waals surface area contributed by atoms with E-state index in [0.29, 0.717) is 5.92 Å². The van der Waals surface area contributed by atoms with Gasteiger partial charge in [-0.05, 0) is 25.0 Å². The molecule has 1 aliphatic rings. The first kappa shape index (κ1) is 10.4. The summed E-state index contributed by atoms with van der Waals surface area (Å²) in [5.41, 5.74) is 1.06. The second kappa shape index (κ2) is 4.19. The molecule has 0 spiro atoms. The first-order valence-electron chi connectivity index (χ1n) is 5.07. The summed E-state index contributed by atoms with van der Waals surface area (Å²) in [5.74, 6) is -0.555. The third-order valence-corrected chi connectivity index (χ3v) is 3.03. The molecule has 0 aliphatic heterocycles. The molecule has 1 N–H and O–H groups in total. The number of carboxylic acid groups (broad SMARTS) is 1. The van der Waals surface area contributed by atoms with Gasteiger partial charge in [-0.3, -0.25) is 0 Å². The average molecular weight is 226 g/mol. The van der Waals surface area contributed by atoms with Gasteiger partial charge in [0.05, 0.1) is 5.56 Å². The highest BCUT2D eigenvalue weighted by Crippen LogP contribution is 2.33. The molecule has 1 aromatic heterocycles. The van der Waals surface area contributed by atoms with Gasteiger partial charge in [-0.15, -0.1) is 0 Å². The van der Waals surface area contributed by atoms with Crippen LogP contribution in [0.4, 0.5) is 0 Å². The van der Waals surface area contributed by atoms with Gasteiger partial charge in [-0.25, -0.2) is 9.78 Å². The minimum Gasteiger partial charge on any atom is -0.478 e. The van der Waals surface area contributed by atoms with Gasteiger partial charge >= 0.3 is 5.97 Å². The molecule has 0 aromatic carbocycles. The summed E-state index contributed by atoms with van der Waals surface area (Å²) in [5, 5.41) is 9.16. The number of aromatic nitrogens is 1. The van der Waals surface area contributed by atoms with E-state index < -0.39 is 5.97 Å². The number of halogens is 1. The Morgan fingerprint density at radius 3 is 2.67 bits per heavy atom. The van der Waals surface area contributed by atoms with Crippen LogP contribution in [0.1, 0.15) is 47.7 Å². The summed E-state index contributed by atoms with van der Waals surface area (Å²) in [6, 6.07) is 3.03. The van der Waals surface area contributed by atoms with Crippen molar-refractivity contribution in [3.8, 4) is 0 Å². The normalized spacial score (nSPS) is 16.9. The van der Waals surface area contributed by atoms with Crippen LogP contribution < -0.4 is 0 Å². The Bertz CT molecular complexity index is 386. The zero-order valence-electron chi connectivity index (χ0n) is 8.24. The molecular formula is C11H12ClNO2. The van der Waals surface area contributed by atoms with E-state index >= 15 is 0 Å². The van der Waals surface area contributed by atoms with Crippen LogP contribution in [0.5, 0.6) is 0 Å². The number of pyridine rings is 1. The number of carboxylic acids is 1. The lowest BCUT2D eigenvalue weighted by molar-refractivity contribution is 0.0696. The second-order valence-corrected chi connectivity index (χ2v) is 4.28. The molecule has 3 nitrogen and oxygen atoms in total. The predicted octanol–water partition coefficient (Wildman–Crippen LogP) is 3.09. The zero-order valence-corrected chi connectivity index (χ0v) is 9.00. The summed E-state index contributed by atoms with van der Waals surface area (Å²) < 4.78 is 0. The molecule has 1 saturated carbocycles. The fraction of sp³-hybridized carbons (Fsp3) is 0.455. The molecule has 0 amide bonds. The average Bonchev–Trinajstić information content (AvgIpc) is 2.69. The van der Waals surface area contributed by atoms with Crippen molar-refractivity contribution >= 4 is 17.6 Å². The molecule has 4 heteroatoms. The Kier molecular flexibility index (Phi) is 2.91. The minimum atomic E-state index is -0.946. The highest BCUT2D eigenvalue weighted by atomic mass is 35.5. The van der Waals surface area contributed by atoms with Crippen LogP contribution in [-0.2, 0) is 0 Å². The van der Waals surface area contributed by atoms with E-state index in [0.717, 1.165) is 18.5 Å². The lowest BCUT2D eigenvalue weighted by Crippen LogP contribution is -2.02. The lowest BCUT2D eigenvalue weighted by atomic mass is 10.0. The lowest BCUT2D eigenvalue weighted by Gasteiger charge is -2.09. The van der Waals surface area contributed by atoms with E-state index in [4.69, 9.17) is 16.7 Å². The maximum atomic E-state index is 10.8. The molecule has 0 unspecified atom stereocenters. The van der Waals surface area contributed by atoms with Crippen molar-refractivity contribution in [2.24, 2.45) is 0 Å². The number of rotatable bonds is 2. The molecule has 0 radical (unpaired) electrons. The Morgan fingerprint density at radius 1 is 1.40 bits per heavy atom. The van der Waals surface area contributed by atoms with Crippen LogP contribution >= 0.6 is 11.6 Å². The van der Waals surface area contributed by atoms with Gasteiger partial charge in [0.15, 0.2) is 0 Å². The van der Waals surface area contributed by atoms with Crippen LogP contribution in [0.3, 0.4) is 0 Å². The fourth-order valence-corrected chi connectivity index (χ4v) is 2.29. The molecule has 0 atom stereocenters. The van der Waals surface area contributed by atoms with Gasteiger partial charge in [-0.2, -0.15) is 0 Å². The van der Waals surface area contributed by atoms with Crippen LogP contribution in [0.25, 0.3) is 0 Å². The molecular weight excluding hydrogens is 214 g/mol. The van der Waals surface area contributed by atoms with E-state index in [1.165, 1.54) is 18.9 Å². The number of aromatic carboxylic acids is 1. The summed E-state index contributed by atoms with van der Waals surface area (Å²) in [4.78, 5) is 15.0. The van der Waals surface area contributed by atoms with Gasteiger partial charge < -0.3 is 5.11 Å². The maximum absolute atomic E-state index is 10.8. The standard InChI is InChI=1S/C11H12ClNO2/c12-10-6-8(11(14)15)5-9(13-10)7-3-1-2-4-7/h5-7H,1-4H2,(H,14,15). The smallest absolute Gasteiger partial charge is 0.335 e. The largest absolute Gasteiger partial charge is 0.478 e. The Morgan fingerprint density at radius 2 is 2.07 bits per heavy atom. The van der Waals surface area contributed by atoms with Crippen molar-refractivity contribution < 1.29 is 9.90 Å². The number of carbonyl (C=O) groups is 1. The molecule has 0 bridgehead atoms. The Labute approximate surface area is 93.1 Å². The van der Waals surface area contributed by atoms with Crippen LogP contribution in [0.2, 0.25) is 5.15 Å². The Hall–Kier alpha value is -1.09. The summed E-state index contributed by atoms with van der Waals surface area (Å²) >= 11 is 5.80. The Balaban J connectivity index is 2.34. The van der Waals surface area contributed by atoms with Crippen LogP contribution in [0, 0.1) is 0 Å². The van der Waals surface area contributed by atoms with Crippen molar-refractivity contribution in [3.05, 3.63) is 28.5 Å². The van der Waals surface area contributed by atoms with Crippen LogP contribution in [-0.4, -0.2) is 16.1 Å². The van der Waals surface area contributed by atoms with Gasteiger partial charge in [0.25, 0.3) is 0 Å². The third-order valence-electron chi connectivity index (χ3n) is 2.83. The first-order valence-corrected chi connectivity index (χ1v) is 5.45. The summed E-state index contributed by atoms with van der Waals surface area (Å²) in [6.45, 7) is 0. The SMILES string of the molecule is O=C(O)c1cc(Cl)nc(C2CCCC2)c1. The molecule has 0 saturated heterocycles. The van der Waals surface area contributed by atoms with Gasteiger partial charge in [0.1, 0.15) is 5.15 Å². The van der Waals surface area contributed by atoms with Crippen molar-refractivity contribution in [2.45, 2.75) is 31.6 Å². The van der Waals surface area contributed by atoms with Crippen molar-refractivity contribution in [1.29, 1.82) is 0 Å². The molecule has 2 rings (SSSR count). The molecule has 1 aromatic rings. The third kappa shape index (κ3) is 2.29. The van der Waals surface area contributed by atoms with Gasteiger partial charge in [0, 0.05) is 11.6 Å². The number of nitrogens with zero attached hydrogens (tertiary/aromatic N) is 1.